The van der Waals surface area contributed by atoms with E-state index in [1.165, 1.54) is 18.9 Å². The van der Waals surface area contributed by atoms with Crippen LogP contribution >= 0.6 is 23.4 Å². The summed E-state index contributed by atoms with van der Waals surface area (Å²) in [6.45, 7) is 0. The summed E-state index contributed by atoms with van der Waals surface area (Å²) >= 11 is 7.30. The molecule has 0 saturated heterocycles. The van der Waals surface area contributed by atoms with Crippen LogP contribution in [-0.2, 0) is 9.53 Å². The Morgan fingerprint density at radius 1 is 1.35 bits per heavy atom. The van der Waals surface area contributed by atoms with Crippen LogP contribution in [0.5, 0.6) is 0 Å². The van der Waals surface area contributed by atoms with E-state index in [2.05, 4.69) is 4.74 Å². The standard InChI is InChI=1S/C12H13ClO3S/c1-16-12(15)6-7-17-8-11(14)9-4-2-3-5-10(9)13/h2-5H,6-8H2,1H3. The molecule has 0 aliphatic carbocycles. The predicted octanol–water partition coefficient (Wildman–Crippen LogP) is 2.82. The lowest BCUT2D eigenvalue weighted by molar-refractivity contribution is -0.140. The minimum atomic E-state index is -0.261. The molecule has 0 amide bonds. The van der Waals surface area contributed by atoms with Crippen molar-refractivity contribution < 1.29 is 14.3 Å². The van der Waals surface area contributed by atoms with E-state index >= 15 is 0 Å². The topological polar surface area (TPSA) is 43.4 Å². The van der Waals surface area contributed by atoms with Crippen LogP contribution in [0.1, 0.15) is 16.8 Å². The van der Waals surface area contributed by atoms with Gasteiger partial charge in [-0.3, -0.25) is 9.59 Å². The summed E-state index contributed by atoms with van der Waals surface area (Å²) in [7, 11) is 1.35. The molecule has 0 bridgehead atoms. The van der Waals surface area contributed by atoms with Gasteiger partial charge >= 0.3 is 5.97 Å². The molecule has 0 fully saturated rings. The van der Waals surface area contributed by atoms with E-state index < -0.39 is 0 Å². The molecule has 0 aliphatic heterocycles. The van der Waals surface area contributed by atoms with Gasteiger partial charge in [0.2, 0.25) is 0 Å². The zero-order chi connectivity index (χ0) is 12.7. The summed E-state index contributed by atoms with van der Waals surface area (Å²) in [5, 5.41) is 0.464. The number of carbonyl (C=O) groups is 2. The molecule has 1 rings (SSSR count). The lowest BCUT2D eigenvalue weighted by atomic mass is 10.1. The maximum absolute atomic E-state index is 11.8. The summed E-state index contributed by atoms with van der Waals surface area (Å²) in [6, 6.07) is 6.95. The molecule has 0 aromatic heterocycles. The monoisotopic (exact) mass is 272 g/mol. The molecule has 0 saturated carbocycles. The third-order valence-electron chi connectivity index (χ3n) is 2.09. The molecule has 0 atom stereocenters. The van der Waals surface area contributed by atoms with Gasteiger partial charge in [-0.1, -0.05) is 23.7 Å². The molecule has 1 aromatic rings. The highest BCUT2D eigenvalue weighted by atomic mass is 35.5. The minimum Gasteiger partial charge on any atom is -0.469 e. The number of methoxy groups -OCH3 is 1. The third kappa shape index (κ3) is 4.79. The molecule has 0 unspecified atom stereocenters. The number of rotatable bonds is 6. The van der Waals surface area contributed by atoms with E-state index in [1.54, 1.807) is 24.3 Å². The molecule has 3 nitrogen and oxygen atoms in total. The summed E-state index contributed by atoms with van der Waals surface area (Å²) in [4.78, 5) is 22.6. The quantitative estimate of drug-likeness (QED) is 0.454. The van der Waals surface area contributed by atoms with Crippen molar-refractivity contribution in [3.8, 4) is 0 Å². The van der Waals surface area contributed by atoms with Crippen molar-refractivity contribution in [2.75, 3.05) is 18.6 Å². The number of thioether (sulfide) groups is 1. The number of esters is 1. The van der Waals surface area contributed by atoms with Crippen molar-refractivity contribution in [2.24, 2.45) is 0 Å². The van der Waals surface area contributed by atoms with Crippen molar-refractivity contribution >= 4 is 35.1 Å². The van der Waals surface area contributed by atoms with Gasteiger partial charge in [-0.05, 0) is 12.1 Å². The molecule has 0 radical (unpaired) electrons. The molecule has 0 heterocycles. The largest absolute Gasteiger partial charge is 0.469 e. The van der Waals surface area contributed by atoms with Gasteiger partial charge in [0.15, 0.2) is 5.78 Å². The fourth-order valence-electron chi connectivity index (χ4n) is 1.19. The Morgan fingerprint density at radius 3 is 2.71 bits per heavy atom. The summed E-state index contributed by atoms with van der Waals surface area (Å²) in [5.41, 5.74) is 0.528. The number of Topliss-reactive ketones (excluding diaryl/α,β-unsaturated/α-hetero) is 1. The second-order valence-corrected chi connectivity index (χ2v) is 4.79. The zero-order valence-electron chi connectivity index (χ0n) is 9.44. The van der Waals surface area contributed by atoms with Gasteiger partial charge in [0, 0.05) is 11.3 Å². The predicted molar refractivity (Wildman–Crippen MR) is 69.7 cm³/mol. The van der Waals surface area contributed by atoms with Crippen molar-refractivity contribution in [1.82, 2.24) is 0 Å². The van der Waals surface area contributed by atoms with E-state index in [9.17, 15) is 9.59 Å². The first-order valence-corrected chi connectivity index (χ1v) is 6.60. The van der Waals surface area contributed by atoms with E-state index in [-0.39, 0.29) is 11.8 Å². The highest BCUT2D eigenvalue weighted by molar-refractivity contribution is 8.00. The first kappa shape index (κ1) is 14.1. The zero-order valence-corrected chi connectivity index (χ0v) is 11.0. The highest BCUT2D eigenvalue weighted by Crippen LogP contribution is 2.17. The normalized spacial score (nSPS) is 10.0. The van der Waals surface area contributed by atoms with Gasteiger partial charge in [-0.2, -0.15) is 11.8 Å². The van der Waals surface area contributed by atoms with Gasteiger partial charge in [-0.25, -0.2) is 0 Å². The van der Waals surface area contributed by atoms with Crippen LogP contribution in [-0.4, -0.2) is 30.4 Å². The van der Waals surface area contributed by atoms with Crippen molar-refractivity contribution in [2.45, 2.75) is 6.42 Å². The lowest BCUT2D eigenvalue weighted by Crippen LogP contribution is -2.06. The Balaban J connectivity index is 2.36. The fourth-order valence-corrected chi connectivity index (χ4v) is 2.22. The van der Waals surface area contributed by atoms with Crippen LogP contribution in [0.4, 0.5) is 0 Å². The van der Waals surface area contributed by atoms with Gasteiger partial charge in [0.25, 0.3) is 0 Å². The molecule has 1 aromatic carbocycles. The van der Waals surface area contributed by atoms with E-state index in [0.29, 0.717) is 28.5 Å². The first-order valence-electron chi connectivity index (χ1n) is 5.07. The van der Waals surface area contributed by atoms with Crippen LogP contribution in [0.15, 0.2) is 24.3 Å². The van der Waals surface area contributed by atoms with Crippen LogP contribution in [0.3, 0.4) is 0 Å². The van der Waals surface area contributed by atoms with Gasteiger partial charge < -0.3 is 4.74 Å². The van der Waals surface area contributed by atoms with Gasteiger partial charge in [0.1, 0.15) is 0 Å². The molecule has 5 heteroatoms. The maximum Gasteiger partial charge on any atom is 0.306 e. The summed E-state index contributed by atoms with van der Waals surface area (Å²) in [5.74, 6) is 0.608. The summed E-state index contributed by atoms with van der Waals surface area (Å²) < 4.78 is 4.50. The third-order valence-corrected chi connectivity index (χ3v) is 3.37. The Labute approximate surface area is 109 Å². The molecule has 0 N–H and O–H groups in total. The van der Waals surface area contributed by atoms with E-state index in [4.69, 9.17) is 11.6 Å². The number of carbonyl (C=O) groups excluding carboxylic acids is 2. The minimum absolute atomic E-state index is 0.0227. The second kappa shape index (κ2) is 7.35. The van der Waals surface area contributed by atoms with Crippen molar-refractivity contribution in [3.63, 3.8) is 0 Å². The number of ketones is 1. The van der Waals surface area contributed by atoms with Crippen LogP contribution < -0.4 is 0 Å². The highest BCUT2D eigenvalue weighted by Gasteiger charge is 2.09. The van der Waals surface area contributed by atoms with E-state index in [1.807, 2.05) is 0 Å². The lowest BCUT2D eigenvalue weighted by Gasteiger charge is -2.03. The van der Waals surface area contributed by atoms with Crippen molar-refractivity contribution in [3.05, 3.63) is 34.9 Å². The first-order chi connectivity index (χ1) is 8.15. The van der Waals surface area contributed by atoms with E-state index in [0.717, 1.165) is 0 Å². The van der Waals surface area contributed by atoms with Gasteiger partial charge in [0.05, 0.1) is 24.3 Å². The molecule has 0 spiro atoms. The molecular formula is C12H13ClO3S. The number of hydrogen-bond acceptors (Lipinski definition) is 4. The fraction of sp³-hybridized carbons (Fsp3) is 0.333. The Kier molecular flexibility index (Phi) is 6.08. The van der Waals surface area contributed by atoms with Gasteiger partial charge in [-0.15, -0.1) is 0 Å². The SMILES string of the molecule is COC(=O)CCSCC(=O)c1ccccc1Cl. The number of benzene rings is 1. The molecule has 17 heavy (non-hydrogen) atoms. The Bertz CT molecular complexity index is 406. The second-order valence-electron chi connectivity index (χ2n) is 3.28. The smallest absolute Gasteiger partial charge is 0.306 e. The molecule has 92 valence electrons. The number of hydrogen-bond donors (Lipinski definition) is 0. The van der Waals surface area contributed by atoms with Crippen LogP contribution in [0.2, 0.25) is 5.02 Å². The van der Waals surface area contributed by atoms with Crippen LogP contribution in [0, 0.1) is 0 Å². The van der Waals surface area contributed by atoms with Crippen molar-refractivity contribution in [1.29, 1.82) is 0 Å². The maximum atomic E-state index is 11.8. The number of ether oxygens (including phenoxy) is 1. The van der Waals surface area contributed by atoms with Crippen LogP contribution in [0.25, 0.3) is 0 Å². The molecular weight excluding hydrogens is 260 g/mol. The Hall–Kier alpha value is -1.00. The average Bonchev–Trinajstić information content (AvgIpc) is 2.34. The number of halogens is 1. The molecule has 0 aliphatic rings. The summed E-state index contributed by atoms with van der Waals surface area (Å²) in [6.07, 6.45) is 0.316. The average molecular weight is 273 g/mol. The Morgan fingerprint density at radius 2 is 2.06 bits per heavy atom.